The third-order valence-corrected chi connectivity index (χ3v) is 2.79. The Balaban J connectivity index is 1.98. The van der Waals surface area contributed by atoms with E-state index >= 15 is 0 Å². The van der Waals surface area contributed by atoms with Gasteiger partial charge in [-0.3, -0.25) is 4.90 Å². The third-order valence-electron chi connectivity index (χ3n) is 2.23. The van der Waals surface area contributed by atoms with Crippen LogP contribution in [0.1, 0.15) is 19.3 Å². The Morgan fingerprint density at radius 1 is 1.58 bits per heavy atom. The van der Waals surface area contributed by atoms with Crippen LogP contribution in [0.3, 0.4) is 0 Å². The lowest BCUT2D eigenvalue weighted by Gasteiger charge is -2.18. The molecule has 71 valence electrons. The summed E-state index contributed by atoms with van der Waals surface area (Å²) in [5, 5.41) is 1.03. The van der Waals surface area contributed by atoms with Crippen molar-refractivity contribution >= 4 is 15.9 Å². The first kappa shape index (κ1) is 10.5. The predicted octanol–water partition coefficient (Wildman–Crippen LogP) is 2.04. The zero-order valence-electron chi connectivity index (χ0n) is 7.47. The summed E-state index contributed by atoms with van der Waals surface area (Å²) in [6.45, 7) is 2.86. The molecular formula is C9H17BrNO. The van der Waals surface area contributed by atoms with Crippen molar-refractivity contribution in [3.05, 3.63) is 7.05 Å². The van der Waals surface area contributed by atoms with E-state index in [0.717, 1.165) is 31.5 Å². The van der Waals surface area contributed by atoms with E-state index < -0.39 is 0 Å². The minimum absolute atomic E-state index is 0.570. The lowest BCUT2D eigenvalue weighted by atomic mass is 10.2. The highest BCUT2D eigenvalue weighted by Gasteiger charge is 2.20. The lowest BCUT2D eigenvalue weighted by molar-refractivity contribution is 0.0918. The van der Waals surface area contributed by atoms with Crippen LogP contribution in [0.4, 0.5) is 0 Å². The van der Waals surface area contributed by atoms with E-state index in [4.69, 9.17) is 4.74 Å². The van der Waals surface area contributed by atoms with Crippen LogP contribution in [0.5, 0.6) is 0 Å². The first-order valence-corrected chi connectivity index (χ1v) is 5.67. The van der Waals surface area contributed by atoms with E-state index in [1.54, 1.807) is 0 Å². The molecule has 0 unspecified atom stereocenters. The third kappa shape index (κ3) is 3.42. The van der Waals surface area contributed by atoms with Gasteiger partial charge in [0.25, 0.3) is 0 Å². The molecule has 1 heterocycles. The van der Waals surface area contributed by atoms with E-state index in [-0.39, 0.29) is 0 Å². The smallest absolute Gasteiger partial charge is 0.0621 e. The molecule has 1 radical (unpaired) electrons. The topological polar surface area (TPSA) is 12.5 Å². The fourth-order valence-corrected chi connectivity index (χ4v) is 1.69. The molecule has 0 aromatic heterocycles. The highest BCUT2D eigenvalue weighted by Crippen LogP contribution is 2.15. The molecule has 0 spiro atoms. The Morgan fingerprint density at radius 3 is 3.00 bits per heavy atom. The maximum Gasteiger partial charge on any atom is 0.0621 e. The zero-order chi connectivity index (χ0) is 8.81. The van der Waals surface area contributed by atoms with Crippen LogP contribution in [-0.4, -0.2) is 36.0 Å². The second-order valence-corrected chi connectivity index (χ2v) is 4.02. The lowest BCUT2D eigenvalue weighted by Crippen LogP contribution is -2.27. The van der Waals surface area contributed by atoms with Crippen LogP contribution in [-0.2, 0) is 4.74 Å². The van der Waals surface area contributed by atoms with Crippen LogP contribution >= 0.6 is 15.9 Å². The summed E-state index contributed by atoms with van der Waals surface area (Å²) in [6, 6.07) is 0.570. The predicted molar refractivity (Wildman–Crippen MR) is 54.3 cm³/mol. The van der Waals surface area contributed by atoms with Crippen molar-refractivity contribution in [2.75, 3.05) is 25.1 Å². The summed E-state index contributed by atoms with van der Waals surface area (Å²) >= 11 is 3.37. The van der Waals surface area contributed by atoms with Gasteiger partial charge >= 0.3 is 0 Å². The summed E-state index contributed by atoms with van der Waals surface area (Å²) < 4.78 is 5.52. The Kier molecular flexibility index (Phi) is 5.19. The second-order valence-electron chi connectivity index (χ2n) is 3.23. The fourth-order valence-electron chi connectivity index (χ4n) is 1.46. The van der Waals surface area contributed by atoms with E-state index in [9.17, 15) is 0 Å². The number of halogens is 1. The van der Waals surface area contributed by atoms with E-state index in [0.29, 0.717) is 6.04 Å². The van der Waals surface area contributed by atoms with Crippen molar-refractivity contribution in [3.8, 4) is 0 Å². The molecule has 12 heavy (non-hydrogen) atoms. The van der Waals surface area contributed by atoms with E-state index in [2.05, 4.69) is 27.9 Å². The number of hydrogen-bond acceptors (Lipinski definition) is 2. The quantitative estimate of drug-likeness (QED) is 0.534. The number of hydrogen-bond donors (Lipinski definition) is 0. The number of nitrogens with zero attached hydrogens (tertiary/aromatic N) is 1. The molecule has 0 bridgehead atoms. The van der Waals surface area contributed by atoms with Gasteiger partial charge in [-0.05, 0) is 25.8 Å². The molecule has 1 atom stereocenters. The number of alkyl halides is 1. The van der Waals surface area contributed by atoms with Crippen molar-refractivity contribution in [2.24, 2.45) is 0 Å². The summed E-state index contributed by atoms with van der Waals surface area (Å²) in [6.07, 6.45) is 3.62. The van der Waals surface area contributed by atoms with Crippen LogP contribution in [0.15, 0.2) is 0 Å². The van der Waals surface area contributed by atoms with Gasteiger partial charge in [-0.2, -0.15) is 0 Å². The SMILES string of the molecule is [CH2]N1CCC[C@H]1COCCCBr. The second kappa shape index (κ2) is 5.95. The molecule has 1 fully saturated rings. The van der Waals surface area contributed by atoms with Crippen LogP contribution in [0.25, 0.3) is 0 Å². The number of likely N-dealkylation sites (tertiary alicyclic amines) is 1. The Labute approximate surface area is 83.4 Å². The molecule has 1 aliphatic heterocycles. The van der Waals surface area contributed by atoms with Gasteiger partial charge in [0.05, 0.1) is 6.61 Å². The molecule has 0 aliphatic carbocycles. The fraction of sp³-hybridized carbons (Fsp3) is 0.889. The highest BCUT2D eigenvalue weighted by atomic mass is 79.9. The Morgan fingerprint density at radius 2 is 2.42 bits per heavy atom. The Hall–Kier alpha value is 0.400. The minimum Gasteiger partial charge on any atom is -0.380 e. The van der Waals surface area contributed by atoms with Crippen molar-refractivity contribution in [2.45, 2.75) is 25.3 Å². The summed E-state index contributed by atoms with van der Waals surface area (Å²) in [5.74, 6) is 0. The largest absolute Gasteiger partial charge is 0.380 e. The summed E-state index contributed by atoms with van der Waals surface area (Å²) in [4.78, 5) is 2.15. The van der Waals surface area contributed by atoms with Crippen LogP contribution in [0.2, 0.25) is 0 Å². The molecule has 1 saturated heterocycles. The molecular weight excluding hydrogens is 218 g/mol. The number of rotatable bonds is 5. The van der Waals surface area contributed by atoms with Gasteiger partial charge < -0.3 is 4.74 Å². The van der Waals surface area contributed by atoms with Crippen molar-refractivity contribution in [1.82, 2.24) is 4.90 Å². The summed E-state index contributed by atoms with van der Waals surface area (Å²) in [5.41, 5.74) is 0. The standard InChI is InChI=1S/C9H17BrNO/c1-11-6-2-4-9(11)8-12-7-3-5-10/h9H,1-8H2/t9-/m0/s1. The van der Waals surface area contributed by atoms with Gasteiger partial charge in [-0.25, -0.2) is 0 Å². The molecule has 0 aromatic rings. The van der Waals surface area contributed by atoms with Gasteiger partial charge in [-0.1, -0.05) is 15.9 Å². The average Bonchev–Trinajstić information content (AvgIpc) is 2.46. The summed E-state index contributed by atoms with van der Waals surface area (Å²) in [7, 11) is 3.96. The molecule has 1 aliphatic rings. The van der Waals surface area contributed by atoms with Crippen LogP contribution in [0, 0.1) is 7.05 Å². The van der Waals surface area contributed by atoms with Gasteiger partial charge in [0.2, 0.25) is 0 Å². The molecule has 3 heteroatoms. The Bertz CT molecular complexity index is 121. The van der Waals surface area contributed by atoms with Gasteiger partial charge in [0.1, 0.15) is 0 Å². The van der Waals surface area contributed by atoms with Crippen molar-refractivity contribution < 1.29 is 4.74 Å². The first-order valence-electron chi connectivity index (χ1n) is 4.55. The monoisotopic (exact) mass is 234 g/mol. The molecule has 0 amide bonds. The molecule has 1 rings (SSSR count). The average molecular weight is 235 g/mol. The highest BCUT2D eigenvalue weighted by molar-refractivity contribution is 9.09. The van der Waals surface area contributed by atoms with Gasteiger partial charge in [0, 0.05) is 25.0 Å². The molecule has 0 saturated carbocycles. The van der Waals surface area contributed by atoms with Gasteiger partial charge in [-0.15, -0.1) is 0 Å². The zero-order valence-corrected chi connectivity index (χ0v) is 9.05. The van der Waals surface area contributed by atoms with Crippen molar-refractivity contribution in [3.63, 3.8) is 0 Å². The van der Waals surface area contributed by atoms with E-state index in [1.165, 1.54) is 12.8 Å². The van der Waals surface area contributed by atoms with Crippen molar-refractivity contribution in [1.29, 1.82) is 0 Å². The van der Waals surface area contributed by atoms with Crippen LogP contribution < -0.4 is 0 Å². The van der Waals surface area contributed by atoms with E-state index in [1.807, 2.05) is 0 Å². The molecule has 0 N–H and O–H groups in total. The maximum atomic E-state index is 5.52. The van der Waals surface area contributed by atoms with Gasteiger partial charge in [0.15, 0.2) is 0 Å². The maximum absolute atomic E-state index is 5.52. The minimum atomic E-state index is 0.570. The molecule has 2 nitrogen and oxygen atoms in total. The normalized spacial score (nSPS) is 25.0. The first-order chi connectivity index (χ1) is 5.84. The molecule has 0 aromatic carbocycles. The number of ether oxygens (including phenoxy) is 1.